The Labute approximate surface area is 106 Å². The normalized spacial score (nSPS) is 25.9. The number of carbonyl (C=O) groups is 1. The van der Waals surface area contributed by atoms with Gasteiger partial charge >= 0.3 is 0 Å². The quantitative estimate of drug-likeness (QED) is 0.868. The number of hydrogen-bond donors (Lipinski definition) is 1. The van der Waals surface area contributed by atoms with Gasteiger partial charge in [-0.05, 0) is 43.0 Å². The molecule has 1 amide bonds. The van der Waals surface area contributed by atoms with Crippen LogP contribution in [0.4, 0.5) is 5.69 Å². The maximum atomic E-state index is 12.4. The van der Waals surface area contributed by atoms with Gasteiger partial charge in [0.05, 0.1) is 6.07 Å². The molecule has 0 atom stereocenters. The van der Waals surface area contributed by atoms with Crippen LogP contribution in [0.15, 0.2) is 24.3 Å². The third kappa shape index (κ3) is 1.92. The first-order valence-electron chi connectivity index (χ1n) is 5.97. The van der Waals surface area contributed by atoms with Gasteiger partial charge in [-0.3, -0.25) is 4.79 Å². The fraction of sp³-hybridized carbons (Fsp3) is 0.429. The molecule has 1 aliphatic rings. The van der Waals surface area contributed by atoms with Crippen LogP contribution in [0.25, 0.3) is 0 Å². The molecule has 0 saturated heterocycles. The van der Waals surface area contributed by atoms with Crippen molar-refractivity contribution < 1.29 is 9.90 Å². The monoisotopic (exact) mass is 244 g/mol. The van der Waals surface area contributed by atoms with Gasteiger partial charge in [0.15, 0.2) is 0 Å². The number of phenolic OH excluding ortho intramolecular Hbond substituents is 1. The summed E-state index contributed by atoms with van der Waals surface area (Å²) in [6.45, 7) is 2.05. The number of nitriles is 1. The number of nitrogens with zero attached hydrogens (tertiary/aromatic N) is 2. The first-order valence-corrected chi connectivity index (χ1v) is 5.97. The topological polar surface area (TPSA) is 64.3 Å². The Morgan fingerprint density at radius 3 is 2.44 bits per heavy atom. The zero-order valence-corrected chi connectivity index (χ0v) is 10.6. The summed E-state index contributed by atoms with van der Waals surface area (Å²) in [4.78, 5) is 13.8. The van der Waals surface area contributed by atoms with Crippen LogP contribution >= 0.6 is 0 Å². The molecule has 0 spiro atoms. The molecule has 94 valence electrons. The Kier molecular flexibility index (Phi) is 3.00. The summed E-state index contributed by atoms with van der Waals surface area (Å²) in [5.41, 5.74) is -0.168. The van der Waals surface area contributed by atoms with E-state index in [0.717, 1.165) is 0 Å². The van der Waals surface area contributed by atoms with E-state index in [0.29, 0.717) is 24.4 Å². The molecular weight excluding hydrogens is 228 g/mol. The van der Waals surface area contributed by atoms with E-state index in [-0.39, 0.29) is 11.7 Å². The summed E-state index contributed by atoms with van der Waals surface area (Å²) < 4.78 is 0. The predicted molar refractivity (Wildman–Crippen MR) is 68.0 cm³/mol. The van der Waals surface area contributed by atoms with Crippen LogP contribution in [0.3, 0.4) is 0 Å². The molecule has 4 heteroatoms. The molecule has 0 bridgehead atoms. The molecule has 1 saturated carbocycles. The molecule has 0 radical (unpaired) electrons. The minimum absolute atomic E-state index is 0.159. The summed E-state index contributed by atoms with van der Waals surface area (Å²) in [6, 6.07) is 8.56. The van der Waals surface area contributed by atoms with Crippen LogP contribution in [-0.4, -0.2) is 18.1 Å². The first-order chi connectivity index (χ1) is 8.48. The number of hydrogen-bond acceptors (Lipinski definition) is 3. The Bertz CT molecular complexity index is 496. The Morgan fingerprint density at radius 2 is 2.00 bits per heavy atom. The highest BCUT2D eigenvalue weighted by Crippen LogP contribution is 2.46. The lowest BCUT2D eigenvalue weighted by molar-refractivity contribution is -0.130. The van der Waals surface area contributed by atoms with Gasteiger partial charge < -0.3 is 10.0 Å². The second kappa shape index (κ2) is 4.34. The standard InChI is InChI=1S/C14H16N2O2/c1-10-7-14(8-10,9-15)13(18)16(2)11-3-5-12(17)6-4-11/h3-6,10,17H,7-8H2,1-2H3. The third-order valence-electron chi connectivity index (χ3n) is 3.56. The number of aromatic hydroxyl groups is 1. The SMILES string of the molecule is CC1CC(C#N)(C(=O)N(C)c2ccc(O)cc2)C1. The van der Waals surface area contributed by atoms with Crippen LogP contribution in [0.5, 0.6) is 5.75 Å². The van der Waals surface area contributed by atoms with Gasteiger partial charge in [0.1, 0.15) is 11.2 Å². The van der Waals surface area contributed by atoms with E-state index in [2.05, 4.69) is 6.07 Å². The van der Waals surface area contributed by atoms with Crippen molar-refractivity contribution in [3.05, 3.63) is 24.3 Å². The van der Waals surface area contributed by atoms with Gasteiger partial charge in [-0.15, -0.1) is 0 Å². The lowest BCUT2D eigenvalue weighted by atomic mass is 9.63. The van der Waals surface area contributed by atoms with E-state index in [9.17, 15) is 15.2 Å². The van der Waals surface area contributed by atoms with Gasteiger partial charge in [-0.2, -0.15) is 5.26 Å². The van der Waals surface area contributed by atoms with Crippen LogP contribution in [-0.2, 0) is 4.79 Å². The van der Waals surface area contributed by atoms with Crippen molar-refractivity contribution in [1.29, 1.82) is 5.26 Å². The summed E-state index contributed by atoms with van der Waals surface area (Å²) >= 11 is 0. The fourth-order valence-corrected chi connectivity index (χ4v) is 2.56. The molecule has 1 aliphatic carbocycles. The smallest absolute Gasteiger partial charge is 0.247 e. The number of phenols is 1. The molecule has 0 aromatic heterocycles. The van der Waals surface area contributed by atoms with Gasteiger partial charge in [0.2, 0.25) is 5.91 Å². The van der Waals surface area contributed by atoms with Crippen LogP contribution in [0.2, 0.25) is 0 Å². The van der Waals surface area contributed by atoms with E-state index in [1.165, 1.54) is 17.0 Å². The fourth-order valence-electron chi connectivity index (χ4n) is 2.56. The van der Waals surface area contributed by atoms with Crippen LogP contribution in [0, 0.1) is 22.7 Å². The number of anilines is 1. The number of benzene rings is 1. The van der Waals surface area contributed by atoms with Crippen molar-refractivity contribution in [3.8, 4) is 11.8 Å². The highest BCUT2D eigenvalue weighted by Gasteiger charge is 2.50. The maximum absolute atomic E-state index is 12.4. The lowest BCUT2D eigenvalue weighted by Gasteiger charge is -2.41. The van der Waals surface area contributed by atoms with E-state index in [1.807, 2.05) is 6.92 Å². The minimum Gasteiger partial charge on any atom is -0.508 e. The number of amides is 1. The second-order valence-electron chi connectivity index (χ2n) is 5.09. The van der Waals surface area contributed by atoms with Gasteiger partial charge in [-0.25, -0.2) is 0 Å². The highest BCUT2D eigenvalue weighted by atomic mass is 16.3. The van der Waals surface area contributed by atoms with Crippen molar-refractivity contribution in [2.75, 3.05) is 11.9 Å². The van der Waals surface area contributed by atoms with E-state index in [1.54, 1.807) is 19.2 Å². The minimum atomic E-state index is -0.855. The van der Waals surface area contributed by atoms with Crippen molar-refractivity contribution in [1.82, 2.24) is 0 Å². The van der Waals surface area contributed by atoms with E-state index >= 15 is 0 Å². The van der Waals surface area contributed by atoms with Gasteiger partial charge in [0, 0.05) is 12.7 Å². The molecule has 18 heavy (non-hydrogen) atoms. The Morgan fingerprint density at radius 1 is 1.44 bits per heavy atom. The summed E-state index contributed by atoms with van der Waals surface area (Å²) in [7, 11) is 1.66. The van der Waals surface area contributed by atoms with E-state index < -0.39 is 5.41 Å². The predicted octanol–water partition coefficient (Wildman–Crippen LogP) is 2.29. The van der Waals surface area contributed by atoms with Gasteiger partial charge in [-0.1, -0.05) is 6.92 Å². The molecule has 1 aromatic rings. The first kappa shape index (κ1) is 12.4. The summed E-state index contributed by atoms with van der Waals surface area (Å²) in [5.74, 6) is 0.433. The van der Waals surface area contributed by atoms with Crippen LogP contribution < -0.4 is 4.90 Å². The van der Waals surface area contributed by atoms with Crippen molar-refractivity contribution >= 4 is 11.6 Å². The second-order valence-corrected chi connectivity index (χ2v) is 5.09. The molecule has 0 aliphatic heterocycles. The van der Waals surface area contributed by atoms with Crippen LogP contribution in [0.1, 0.15) is 19.8 Å². The molecule has 1 N–H and O–H groups in total. The molecule has 4 nitrogen and oxygen atoms in total. The summed E-state index contributed by atoms with van der Waals surface area (Å²) in [6.07, 6.45) is 1.26. The average Bonchev–Trinajstić information content (AvgIpc) is 2.34. The lowest BCUT2D eigenvalue weighted by Crippen LogP contribution is -2.48. The molecule has 2 rings (SSSR count). The molecule has 1 fully saturated rings. The zero-order valence-electron chi connectivity index (χ0n) is 10.6. The molecular formula is C14H16N2O2. The largest absolute Gasteiger partial charge is 0.508 e. The Balaban J connectivity index is 2.19. The number of carbonyl (C=O) groups excluding carboxylic acids is 1. The maximum Gasteiger partial charge on any atom is 0.247 e. The molecule has 0 heterocycles. The van der Waals surface area contributed by atoms with Crippen molar-refractivity contribution in [2.24, 2.45) is 11.3 Å². The average molecular weight is 244 g/mol. The molecule has 0 unspecified atom stereocenters. The van der Waals surface area contributed by atoms with Crippen molar-refractivity contribution in [3.63, 3.8) is 0 Å². The highest BCUT2D eigenvalue weighted by molar-refractivity contribution is 5.99. The van der Waals surface area contributed by atoms with Crippen molar-refractivity contribution in [2.45, 2.75) is 19.8 Å². The van der Waals surface area contributed by atoms with Gasteiger partial charge in [0.25, 0.3) is 0 Å². The molecule has 1 aromatic carbocycles. The summed E-state index contributed by atoms with van der Waals surface area (Å²) in [5, 5.41) is 18.4. The zero-order chi connectivity index (χ0) is 13.3. The number of rotatable bonds is 2. The Hall–Kier alpha value is -2.02. The third-order valence-corrected chi connectivity index (χ3v) is 3.56. The van der Waals surface area contributed by atoms with E-state index in [4.69, 9.17) is 0 Å².